The van der Waals surface area contributed by atoms with E-state index in [4.69, 9.17) is 14.0 Å². The fourth-order valence-electron chi connectivity index (χ4n) is 2.73. The van der Waals surface area contributed by atoms with Gasteiger partial charge in [-0.2, -0.15) is 4.98 Å². The maximum Gasteiger partial charge on any atom is 0.263 e. The summed E-state index contributed by atoms with van der Waals surface area (Å²) < 4.78 is 29.9. The molecule has 0 fully saturated rings. The minimum absolute atomic E-state index is 0.0409. The van der Waals surface area contributed by atoms with Gasteiger partial charge in [-0.1, -0.05) is 36.3 Å². The van der Waals surface area contributed by atoms with Crippen LogP contribution in [0.25, 0.3) is 11.4 Å². The van der Waals surface area contributed by atoms with Crippen LogP contribution in [0.4, 0.5) is 4.39 Å². The first kappa shape index (κ1) is 20.3. The molecule has 0 bridgehead atoms. The average molecular weight is 399 g/mol. The standard InChI is InChI=1S/C21H22FN3O4/c1-4-17(28-18-11-6-5-10-16(18)22)21(26)25(2)13-19-23-20(24-29-19)14-8-7-9-15(12-14)27-3/h5-12,17H,4,13H2,1-3H3/t17-/m1/s1. The molecule has 1 aromatic heterocycles. The lowest BCUT2D eigenvalue weighted by atomic mass is 10.2. The molecule has 152 valence electrons. The van der Waals surface area contributed by atoms with Crippen molar-refractivity contribution in [1.82, 2.24) is 15.0 Å². The first-order valence-corrected chi connectivity index (χ1v) is 9.15. The van der Waals surface area contributed by atoms with E-state index in [9.17, 15) is 9.18 Å². The smallest absolute Gasteiger partial charge is 0.263 e. The van der Waals surface area contributed by atoms with Crippen LogP contribution in [0.1, 0.15) is 19.2 Å². The molecular formula is C21H22FN3O4. The van der Waals surface area contributed by atoms with Gasteiger partial charge in [0.05, 0.1) is 13.7 Å². The van der Waals surface area contributed by atoms with E-state index in [1.54, 1.807) is 39.3 Å². The predicted molar refractivity (Wildman–Crippen MR) is 104 cm³/mol. The molecule has 0 aliphatic carbocycles. The summed E-state index contributed by atoms with van der Waals surface area (Å²) in [4.78, 5) is 18.5. The Morgan fingerprint density at radius 2 is 2.03 bits per heavy atom. The van der Waals surface area contributed by atoms with Gasteiger partial charge >= 0.3 is 0 Å². The zero-order chi connectivity index (χ0) is 20.8. The molecule has 3 rings (SSSR count). The number of carbonyl (C=O) groups excluding carboxylic acids is 1. The van der Waals surface area contributed by atoms with Gasteiger partial charge in [0.1, 0.15) is 5.75 Å². The van der Waals surface area contributed by atoms with Gasteiger partial charge in [0.2, 0.25) is 11.7 Å². The Morgan fingerprint density at radius 3 is 2.76 bits per heavy atom. The number of aromatic nitrogens is 2. The van der Waals surface area contributed by atoms with Crippen LogP contribution in [0.3, 0.4) is 0 Å². The Morgan fingerprint density at radius 1 is 1.24 bits per heavy atom. The largest absolute Gasteiger partial charge is 0.497 e. The number of hydrogen-bond donors (Lipinski definition) is 0. The normalized spacial score (nSPS) is 11.7. The Labute approximate surface area is 168 Å². The monoisotopic (exact) mass is 399 g/mol. The highest BCUT2D eigenvalue weighted by Crippen LogP contribution is 2.22. The molecular weight excluding hydrogens is 377 g/mol. The number of rotatable bonds is 8. The Balaban J connectivity index is 1.67. The van der Waals surface area contributed by atoms with E-state index < -0.39 is 11.9 Å². The number of carbonyl (C=O) groups is 1. The molecule has 0 spiro atoms. The highest BCUT2D eigenvalue weighted by atomic mass is 19.1. The third-order valence-corrected chi connectivity index (χ3v) is 4.30. The molecule has 0 aliphatic heterocycles. The predicted octanol–water partition coefficient (Wildman–Crippen LogP) is 3.70. The number of likely N-dealkylation sites (N-methyl/N-ethyl adjacent to an activating group) is 1. The molecule has 2 aromatic carbocycles. The maximum absolute atomic E-state index is 13.8. The number of nitrogens with zero attached hydrogens (tertiary/aromatic N) is 3. The second-order valence-corrected chi connectivity index (χ2v) is 6.38. The van der Waals surface area contributed by atoms with Gasteiger partial charge in [0.25, 0.3) is 5.91 Å². The van der Waals surface area contributed by atoms with Crippen LogP contribution in [0.15, 0.2) is 53.1 Å². The molecule has 0 aliphatic rings. The molecule has 0 N–H and O–H groups in total. The molecule has 1 amide bonds. The summed E-state index contributed by atoms with van der Waals surface area (Å²) in [6, 6.07) is 13.3. The Hall–Kier alpha value is -3.42. The fourth-order valence-corrected chi connectivity index (χ4v) is 2.73. The number of halogens is 1. The molecule has 8 heteroatoms. The van der Waals surface area contributed by atoms with Crippen molar-refractivity contribution in [3.63, 3.8) is 0 Å². The van der Waals surface area contributed by atoms with E-state index >= 15 is 0 Å². The quantitative estimate of drug-likeness (QED) is 0.575. The summed E-state index contributed by atoms with van der Waals surface area (Å²) in [6.45, 7) is 1.90. The lowest BCUT2D eigenvalue weighted by Gasteiger charge is -2.22. The summed E-state index contributed by atoms with van der Waals surface area (Å²) in [5, 5.41) is 3.96. The first-order valence-electron chi connectivity index (χ1n) is 9.15. The van der Waals surface area contributed by atoms with E-state index in [-0.39, 0.29) is 24.1 Å². The summed E-state index contributed by atoms with van der Waals surface area (Å²) in [7, 11) is 3.18. The highest BCUT2D eigenvalue weighted by Gasteiger charge is 2.25. The van der Waals surface area contributed by atoms with E-state index in [0.29, 0.717) is 18.0 Å². The zero-order valence-corrected chi connectivity index (χ0v) is 16.5. The number of amides is 1. The van der Waals surface area contributed by atoms with Crippen LogP contribution in [0, 0.1) is 5.82 Å². The molecule has 0 unspecified atom stereocenters. The Kier molecular flexibility index (Phi) is 6.43. The SMILES string of the molecule is CC[C@@H](Oc1ccccc1F)C(=O)N(C)Cc1nc(-c2cccc(OC)c2)no1. The molecule has 1 heterocycles. The van der Waals surface area contributed by atoms with Gasteiger partial charge in [-0.05, 0) is 30.7 Å². The third kappa shape index (κ3) is 4.90. The summed E-state index contributed by atoms with van der Waals surface area (Å²) in [6.07, 6.45) is -0.436. The first-order chi connectivity index (χ1) is 14.0. The number of ether oxygens (including phenoxy) is 2. The van der Waals surface area contributed by atoms with Gasteiger partial charge < -0.3 is 18.9 Å². The molecule has 0 radical (unpaired) electrons. The minimum atomic E-state index is -0.822. The van der Waals surface area contributed by atoms with Crippen molar-refractivity contribution in [2.75, 3.05) is 14.2 Å². The summed E-state index contributed by atoms with van der Waals surface area (Å²) in [5.74, 6) is 0.573. The van der Waals surface area contributed by atoms with E-state index in [1.807, 2.05) is 18.2 Å². The van der Waals surface area contributed by atoms with E-state index in [2.05, 4.69) is 10.1 Å². The minimum Gasteiger partial charge on any atom is -0.497 e. The third-order valence-electron chi connectivity index (χ3n) is 4.30. The number of para-hydroxylation sites is 1. The molecule has 29 heavy (non-hydrogen) atoms. The molecule has 3 aromatic rings. The number of benzene rings is 2. The van der Waals surface area contributed by atoms with Crippen molar-refractivity contribution in [2.24, 2.45) is 0 Å². The van der Waals surface area contributed by atoms with Gasteiger partial charge in [-0.25, -0.2) is 4.39 Å². The highest BCUT2D eigenvalue weighted by molar-refractivity contribution is 5.81. The fraction of sp³-hybridized carbons (Fsp3) is 0.286. The zero-order valence-electron chi connectivity index (χ0n) is 16.5. The molecule has 7 nitrogen and oxygen atoms in total. The van der Waals surface area contributed by atoms with Crippen LogP contribution < -0.4 is 9.47 Å². The van der Waals surface area contributed by atoms with Crippen molar-refractivity contribution >= 4 is 5.91 Å². The van der Waals surface area contributed by atoms with Crippen LogP contribution in [-0.4, -0.2) is 41.2 Å². The van der Waals surface area contributed by atoms with Gasteiger partial charge in [0, 0.05) is 12.6 Å². The van der Waals surface area contributed by atoms with Crippen molar-refractivity contribution in [3.8, 4) is 22.9 Å². The summed E-state index contributed by atoms with van der Waals surface area (Å²) in [5.41, 5.74) is 0.739. The Bertz CT molecular complexity index is 976. The van der Waals surface area contributed by atoms with Crippen molar-refractivity contribution < 1.29 is 23.2 Å². The maximum atomic E-state index is 13.8. The van der Waals surface area contributed by atoms with Crippen molar-refractivity contribution in [3.05, 3.63) is 60.2 Å². The number of hydrogen-bond acceptors (Lipinski definition) is 6. The average Bonchev–Trinajstić information content (AvgIpc) is 3.21. The van der Waals surface area contributed by atoms with E-state index in [1.165, 1.54) is 17.0 Å². The lowest BCUT2D eigenvalue weighted by Crippen LogP contribution is -2.39. The number of methoxy groups -OCH3 is 1. The van der Waals surface area contributed by atoms with Crippen LogP contribution in [-0.2, 0) is 11.3 Å². The molecule has 0 saturated carbocycles. The molecule has 1 atom stereocenters. The van der Waals surface area contributed by atoms with Crippen molar-refractivity contribution in [2.45, 2.75) is 26.0 Å². The molecule has 0 saturated heterocycles. The van der Waals surface area contributed by atoms with E-state index in [0.717, 1.165) is 5.56 Å². The van der Waals surface area contributed by atoms with Crippen molar-refractivity contribution in [1.29, 1.82) is 0 Å². The van der Waals surface area contributed by atoms with Gasteiger partial charge in [0.15, 0.2) is 17.7 Å². The second kappa shape index (κ2) is 9.18. The topological polar surface area (TPSA) is 77.7 Å². The van der Waals surface area contributed by atoms with Crippen LogP contribution >= 0.6 is 0 Å². The van der Waals surface area contributed by atoms with Gasteiger partial charge in [-0.3, -0.25) is 4.79 Å². The van der Waals surface area contributed by atoms with Crippen LogP contribution in [0.5, 0.6) is 11.5 Å². The van der Waals surface area contributed by atoms with Gasteiger partial charge in [-0.15, -0.1) is 0 Å². The lowest BCUT2D eigenvalue weighted by molar-refractivity contribution is -0.138. The second-order valence-electron chi connectivity index (χ2n) is 6.38. The summed E-state index contributed by atoms with van der Waals surface area (Å²) >= 11 is 0. The van der Waals surface area contributed by atoms with Crippen LogP contribution in [0.2, 0.25) is 0 Å².